The average Bonchev–Trinajstić information content (AvgIpc) is 3.37. The molecule has 0 radical (unpaired) electrons. The van der Waals surface area contributed by atoms with E-state index in [1.54, 1.807) is 18.6 Å². The molecule has 1 saturated carbocycles. The van der Waals surface area contributed by atoms with Crippen LogP contribution in [0.5, 0.6) is 0 Å². The summed E-state index contributed by atoms with van der Waals surface area (Å²) in [4.78, 5) is 32.7. The summed E-state index contributed by atoms with van der Waals surface area (Å²) in [5, 5.41) is 2.30. The Morgan fingerprint density at radius 2 is 1.59 bits per heavy atom. The zero-order valence-electron chi connectivity index (χ0n) is 24.3. The molecule has 0 bridgehead atoms. The monoisotopic (exact) mass is 618 g/mol. The van der Waals surface area contributed by atoms with Crippen molar-refractivity contribution in [2.75, 3.05) is 18.0 Å². The molecule has 2 aliphatic rings. The summed E-state index contributed by atoms with van der Waals surface area (Å²) in [6, 6.07) is 24.2. The summed E-state index contributed by atoms with van der Waals surface area (Å²) in [7, 11) is 0. The number of nitrogens with zero attached hydrogens (tertiary/aromatic N) is 7. The number of anilines is 1. The largest absolute Gasteiger partial charge is 0.355 e. The fourth-order valence-corrected chi connectivity index (χ4v) is 7.81. The quantitative estimate of drug-likeness (QED) is 0.177. The van der Waals surface area contributed by atoms with Crippen LogP contribution in [0, 0.1) is 11.8 Å². The van der Waals surface area contributed by atoms with Gasteiger partial charge in [-0.25, -0.2) is 19.9 Å². The lowest BCUT2D eigenvalue weighted by atomic mass is 10.1. The molecule has 0 unspecified atom stereocenters. The van der Waals surface area contributed by atoms with Crippen molar-refractivity contribution < 1.29 is 0 Å². The van der Waals surface area contributed by atoms with E-state index in [-0.39, 0.29) is 0 Å². The van der Waals surface area contributed by atoms with Gasteiger partial charge in [0.2, 0.25) is 0 Å². The number of aryl methyl sites for hydroxylation is 1. The molecule has 8 rings (SSSR count). The molecular formula is C34H31ClN8S. The van der Waals surface area contributed by atoms with Gasteiger partial charge in [0, 0.05) is 61.4 Å². The Morgan fingerprint density at radius 3 is 2.27 bits per heavy atom. The van der Waals surface area contributed by atoms with Crippen molar-refractivity contribution >= 4 is 51.4 Å². The molecule has 4 aromatic heterocycles. The van der Waals surface area contributed by atoms with E-state index in [1.807, 2.05) is 6.07 Å². The van der Waals surface area contributed by atoms with E-state index in [4.69, 9.17) is 21.6 Å². The first-order chi connectivity index (χ1) is 21.6. The standard InChI is InChI=1S/C34H31ClN8S/c1-2-26-29(35)28-32(39-26)40-34(44-23-15-27-31(38-16-23)37-14-13-36-27)41-33(28)43-19-24-25(20-43)30(24)42(17-21-9-5-3-6-10-21)18-22-11-7-4-8-12-22/h3-16,24-25,30H,2,17-20H2,1H3,(H,39,40,41)/t24-,25+,30+. The van der Waals surface area contributed by atoms with Crippen LogP contribution in [0.1, 0.15) is 23.7 Å². The number of fused-ring (bicyclic) bond motifs is 3. The van der Waals surface area contributed by atoms with Gasteiger partial charge in [0.05, 0.1) is 10.4 Å². The summed E-state index contributed by atoms with van der Waals surface area (Å²) in [5.74, 6) is 2.07. The third-order valence-corrected chi connectivity index (χ3v) is 10.1. The van der Waals surface area contributed by atoms with Crippen LogP contribution >= 0.6 is 23.4 Å². The summed E-state index contributed by atoms with van der Waals surface area (Å²) < 4.78 is 0. The number of halogens is 1. The average molecular weight is 619 g/mol. The highest BCUT2D eigenvalue weighted by Gasteiger charge is 2.58. The Morgan fingerprint density at radius 1 is 0.909 bits per heavy atom. The van der Waals surface area contributed by atoms with Crippen molar-refractivity contribution in [3.8, 4) is 0 Å². The molecule has 8 nitrogen and oxygen atoms in total. The van der Waals surface area contributed by atoms with Gasteiger partial charge < -0.3 is 9.88 Å². The molecule has 0 spiro atoms. The number of piperidine rings is 1. The third-order valence-electron chi connectivity index (χ3n) is 8.81. The second-order valence-corrected chi connectivity index (χ2v) is 13.0. The summed E-state index contributed by atoms with van der Waals surface area (Å²) in [5.41, 5.74) is 5.84. The van der Waals surface area contributed by atoms with Crippen LogP contribution in [0.3, 0.4) is 0 Å². The summed E-state index contributed by atoms with van der Waals surface area (Å²) >= 11 is 8.43. The number of nitrogens with one attached hydrogen (secondary N) is 1. The van der Waals surface area contributed by atoms with Crippen LogP contribution in [-0.2, 0) is 19.5 Å². The van der Waals surface area contributed by atoms with Crippen molar-refractivity contribution in [2.24, 2.45) is 11.8 Å². The molecule has 1 aliphatic heterocycles. The Bertz CT molecular complexity index is 1900. The van der Waals surface area contributed by atoms with Gasteiger partial charge in [-0.3, -0.25) is 9.88 Å². The number of hydrogen-bond acceptors (Lipinski definition) is 8. The van der Waals surface area contributed by atoms with Crippen molar-refractivity contribution in [1.29, 1.82) is 0 Å². The van der Waals surface area contributed by atoms with Crippen LogP contribution < -0.4 is 4.90 Å². The Labute approximate surface area is 264 Å². The molecule has 3 atom stereocenters. The van der Waals surface area contributed by atoms with E-state index in [9.17, 15) is 0 Å². The predicted molar refractivity (Wildman–Crippen MR) is 175 cm³/mol. The Balaban J connectivity index is 1.08. The highest BCUT2D eigenvalue weighted by atomic mass is 35.5. The number of aromatic amines is 1. The van der Waals surface area contributed by atoms with E-state index in [0.29, 0.717) is 28.7 Å². The number of pyridine rings is 1. The van der Waals surface area contributed by atoms with Crippen LogP contribution in [0.2, 0.25) is 5.02 Å². The first-order valence-electron chi connectivity index (χ1n) is 15.0. The minimum atomic E-state index is 0.538. The van der Waals surface area contributed by atoms with Crippen LogP contribution in [0.4, 0.5) is 5.82 Å². The molecule has 5 heterocycles. The maximum Gasteiger partial charge on any atom is 0.196 e. The van der Waals surface area contributed by atoms with Gasteiger partial charge in [-0.2, -0.15) is 0 Å². The first-order valence-corrected chi connectivity index (χ1v) is 16.2. The molecule has 1 aliphatic carbocycles. The minimum absolute atomic E-state index is 0.538. The number of H-pyrrole nitrogens is 1. The second kappa shape index (κ2) is 11.5. The van der Waals surface area contributed by atoms with Crippen molar-refractivity contribution in [3.63, 3.8) is 0 Å². The molecule has 0 amide bonds. The molecule has 44 heavy (non-hydrogen) atoms. The maximum absolute atomic E-state index is 6.95. The van der Waals surface area contributed by atoms with Gasteiger partial charge in [0.15, 0.2) is 10.8 Å². The minimum Gasteiger partial charge on any atom is -0.355 e. The molecule has 2 aromatic carbocycles. The zero-order valence-corrected chi connectivity index (χ0v) is 25.8. The SMILES string of the molecule is CCc1[nH]c2nc(Sc3cnc4nccnc4c3)nc(N3C[C@@H]4[C@H](C3)[C@H]4N(Cc3ccccc3)Cc3ccccc3)c2c1Cl. The van der Waals surface area contributed by atoms with Crippen LogP contribution in [-0.4, -0.2) is 53.9 Å². The molecule has 2 fully saturated rings. The molecule has 1 N–H and O–H groups in total. The summed E-state index contributed by atoms with van der Waals surface area (Å²) in [6.45, 7) is 5.88. The zero-order chi connectivity index (χ0) is 29.6. The van der Waals surface area contributed by atoms with Gasteiger partial charge >= 0.3 is 0 Å². The lowest BCUT2D eigenvalue weighted by molar-refractivity contribution is 0.222. The Kier molecular flexibility index (Phi) is 7.16. The number of rotatable bonds is 9. The molecule has 220 valence electrons. The van der Waals surface area contributed by atoms with Gasteiger partial charge in [-0.05, 0) is 47.2 Å². The summed E-state index contributed by atoms with van der Waals surface area (Å²) in [6.07, 6.45) is 5.93. The van der Waals surface area contributed by atoms with Gasteiger partial charge in [-0.15, -0.1) is 0 Å². The van der Waals surface area contributed by atoms with Crippen molar-refractivity contribution in [2.45, 2.75) is 42.5 Å². The molecule has 1 saturated heterocycles. The van der Waals surface area contributed by atoms with E-state index >= 15 is 0 Å². The maximum atomic E-state index is 6.95. The van der Waals surface area contributed by atoms with Crippen LogP contribution in [0.25, 0.3) is 22.2 Å². The van der Waals surface area contributed by atoms with E-state index in [0.717, 1.165) is 70.6 Å². The highest BCUT2D eigenvalue weighted by Crippen LogP contribution is 2.52. The highest BCUT2D eigenvalue weighted by molar-refractivity contribution is 7.99. The fourth-order valence-electron chi connectivity index (χ4n) is 6.70. The van der Waals surface area contributed by atoms with Gasteiger partial charge in [-0.1, -0.05) is 79.2 Å². The van der Waals surface area contributed by atoms with E-state index in [1.165, 1.54) is 22.9 Å². The van der Waals surface area contributed by atoms with Gasteiger partial charge in [0.1, 0.15) is 17.0 Å². The van der Waals surface area contributed by atoms with Crippen molar-refractivity contribution in [1.82, 2.24) is 34.8 Å². The van der Waals surface area contributed by atoms with Gasteiger partial charge in [0.25, 0.3) is 0 Å². The predicted octanol–water partition coefficient (Wildman–Crippen LogP) is 6.80. The number of hydrogen-bond donors (Lipinski definition) is 1. The topological polar surface area (TPSA) is 86.7 Å². The molecular weight excluding hydrogens is 588 g/mol. The third kappa shape index (κ3) is 5.19. The van der Waals surface area contributed by atoms with E-state index < -0.39 is 0 Å². The second-order valence-electron chi connectivity index (χ2n) is 11.6. The lowest BCUT2D eigenvalue weighted by Crippen LogP contribution is -2.34. The molecule has 6 aromatic rings. The number of benzene rings is 2. The lowest BCUT2D eigenvalue weighted by Gasteiger charge is -2.28. The fraction of sp³-hybridized carbons (Fsp3) is 0.265. The number of aromatic nitrogens is 6. The molecule has 10 heteroatoms. The van der Waals surface area contributed by atoms with Crippen LogP contribution in [0.15, 0.2) is 95.4 Å². The van der Waals surface area contributed by atoms with Crippen molar-refractivity contribution in [3.05, 3.63) is 107 Å². The normalized spacial score (nSPS) is 19.2. The van der Waals surface area contributed by atoms with E-state index in [2.05, 4.69) is 97.3 Å². The first kappa shape index (κ1) is 27.5. The smallest absolute Gasteiger partial charge is 0.196 e. The Hall–Kier alpha value is -4.05.